The van der Waals surface area contributed by atoms with E-state index in [1.165, 1.54) is 0 Å². The molecule has 0 aliphatic carbocycles. The molecule has 18 heavy (non-hydrogen) atoms. The predicted molar refractivity (Wildman–Crippen MR) is 79.9 cm³/mol. The minimum absolute atomic E-state index is 0. The molecule has 0 atom stereocenters. The quantitative estimate of drug-likeness (QED) is 0.901. The standard InChI is InChI=1S/C12H18BrN3O.ClH/c1-8(2)16(3)11-10(13)6-9-7-14-4-5-17-12(9)15-11;/h6,8,14H,4-5,7H2,1-3H3;1H. The van der Waals surface area contributed by atoms with E-state index < -0.39 is 0 Å². The van der Waals surface area contributed by atoms with Gasteiger partial charge in [0.05, 0.1) is 4.47 Å². The summed E-state index contributed by atoms with van der Waals surface area (Å²) in [6.07, 6.45) is 0. The average Bonchev–Trinajstić information content (AvgIpc) is 2.51. The Balaban J connectivity index is 0.00000162. The first-order valence-electron chi connectivity index (χ1n) is 5.85. The number of ether oxygens (including phenoxy) is 1. The minimum atomic E-state index is 0. The van der Waals surface area contributed by atoms with Gasteiger partial charge in [-0.1, -0.05) is 0 Å². The van der Waals surface area contributed by atoms with Gasteiger partial charge >= 0.3 is 0 Å². The highest BCUT2D eigenvalue weighted by molar-refractivity contribution is 9.10. The molecule has 1 N–H and O–H groups in total. The van der Waals surface area contributed by atoms with Crippen molar-refractivity contribution in [1.29, 1.82) is 0 Å². The zero-order chi connectivity index (χ0) is 12.4. The van der Waals surface area contributed by atoms with Crippen LogP contribution in [0, 0.1) is 0 Å². The minimum Gasteiger partial charge on any atom is -0.476 e. The largest absolute Gasteiger partial charge is 0.476 e. The number of anilines is 1. The van der Waals surface area contributed by atoms with Crippen molar-refractivity contribution in [2.45, 2.75) is 26.4 Å². The van der Waals surface area contributed by atoms with Crippen molar-refractivity contribution in [3.8, 4) is 5.88 Å². The highest BCUT2D eigenvalue weighted by Gasteiger charge is 2.17. The van der Waals surface area contributed by atoms with E-state index in [0.29, 0.717) is 12.6 Å². The molecular weight excluding hydrogens is 318 g/mol. The molecule has 1 aliphatic rings. The van der Waals surface area contributed by atoms with Crippen molar-refractivity contribution >= 4 is 34.2 Å². The molecular formula is C12H19BrClN3O. The van der Waals surface area contributed by atoms with Gasteiger partial charge in [0.2, 0.25) is 5.88 Å². The summed E-state index contributed by atoms with van der Waals surface area (Å²) >= 11 is 3.58. The molecule has 0 unspecified atom stereocenters. The summed E-state index contributed by atoms with van der Waals surface area (Å²) in [4.78, 5) is 6.74. The number of pyridine rings is 1. The molecule has 0 radical (unpaired) electrons. The van der Waals surface area contributed by atoms with Gasteiger partial charge < -0.3 is 15.0 Å². The number of hydrogen-bond acceptors (Lipinski definition) is 4. The van der Waals surface area contributed by atoms with Crippen LogP contribution in [0.5, 0.6) is 5.88 Å². The molecule has 0 spiro atoms. The van der Waals surface area contributed by atoms with Crippen LogP contribution in [0.15, 0.2) is 10.5 Å². The van der Waals surface area contributed by atoms with E-state index in [-0.39, 0.29) is 12.4 Å². The molecule has 1 aromatic rings. The maximum Gasteiger partial charge on any atom is 0.219 e. The first-order chi connectivity index (χ1) is 8.09. The van der Waals surface area contributed by atoms with E-state index in [9.17, 15) is 0 Å². The zero-order valence-corrected chi connectivity index (χ0v) is 13.3. The second kappa shape index (κ2) is 6.59. The third-order valence-electron chi connectivity index (χ3n) is 2.94. The first kappa shape index (κ1) is 15.5. The van der Waals surface area contributed by atoms with Crippen molar-refractivity contribution in [3.63, 3.8) is 0 Å². The second-order valence-electron chi connectivity index (χ2n) is 4.49. The summed E-state index contributed by atoms with van der Waals surface area (Å²) in [6.45, 7) is 6.63. The number of hydrogen-bond donors (Lipinski definition) is 1. The molecule has 0 fully saturated rings. The molecule has 6 heteroatoms. The van der Waals surface area contributed by atoms with Gasteiger partial charge in [-0.15, -0.1) is 12.4 Å². The van der Waals surface area contributed by atoms with Gasteiger partial charge in [0.1, 0.15) is 12.4 Å². The molecule has 2 heterocycles. The fourth-order valence-electron chi connectivity index (χ4n) is 1.69. The highest BCUT2D eigenvalue weighted by Crippen LogP contribution is 2.31. The smallest absolute Gasteiger partial charge is 0.219 e. The van der Waals surface area contributed by atoms with Crippen molar-refractivity contribution in [3.05, 3.63) is 16.1 Å². The van der Waals surface area contributed by atoms with Crippen LogP contribution < -0.4 is 15.0 Å². The summed E-state index contributed by atoms with van der Waals surface area (Å²) < 4.78 is 6.67. The molecule has 0 saturated heterocycles. The lowest BCUT2D eigenvalue weighted by Gasteiger charge is -2.24. The van der Waals surface area contributed by atoms with Gasteiger partial charge in [0.15, 0.2) is 0 Å². The Kier molecular flexibility index (Phi) is 5.69. The Morgan fingerprint density at radius 2 is 2.22 bits per heavy atom. The lowest BCUT2D eigenvalue weighted by atomic mass is 10.2. The number of halogens is 2. The number of aromatic nitrogens is 1. The first-order valence-corrected chi connectivity index (χ1v) is 6.64. The van der Waals surface area contributed by atoms with Crippen LogP contribution in [0.1, 0.15) is 19.4 Å². The van der Waals surface area contributed by atoms with Gasteiger partial charge in [0.25, 0.3) is 0 Å². The Labute approximate surface area is 123 Å². The van der Waals surface area contributed by atoms with E-state index >= 15 is 0 Å². The molecule has 0 saturated carbocycles. The monoisotopic (exact) mass is 335 g/mol. The summed E-state index contributed by atoms with van der Waals surface area (Å²) in [7, 11) is 2.04. The maximum atomic E-state index is 5.65. The lowest BCUT2D eigenvalue weighted by molar-refractivity contribution is 0.314. The second-order valence-corrected chi connectivity index (χ2v) is 5.34. The third kappa shape index (κ3) is 3.28. The Bertz CT molecular complexity index is 415. The summed E-state index contributed by atoms with van der Waals surface area (Å²) in [5, 5.41) is 3.30. The van der Waals surface area contributed by atoms with Crippen LogP contribution in [-0.4, -0.2) is 31.2 Å². The molecule has 0 amide bonds. The van der Waals surface area contributed by atoms with Gasteiger partial charge in [0, 0.05) is 31.7 Å². The van der Waals surface area contributed by atoms with E-state index in [1.54, 1.807) is 0 Å². The third-order valence-corrected chi connectivity index (χ3v) is 3.52. The van der Waals surface area contributed by atoms with Crippen LogP contribution in [0.4, 0.5) is 5.82 Å². The molecule has 4 nitrogen and oxygen atoms in total. The topological polar surface area (TPSA) is 37.4 Å². The van der Waals surface area contributed by atoms with Gasteiger partial charge in [-0.3, -0.25) is 0 Å². The van der Waals surface area contributed by atoms with Gasteiger partial charge in [-0.05, 0) is 35.8 Å². The molecule has 102 valence electrons. The Morgan fingerprint density at radius 1 is 1.50 bits per heavy atom. The van der Waals surface area contributed by atoms with Crippen molar-refractivity contribution in [1.82, 2.24) is 10.3 Å². The van der Waals surface area contributed by atoms with Crippen LogP contribution in [0.25, 0.3) is 0 Å². The van der Waals surface area contributed by atoms with Crippen molar-refractivity contribution in [2.75, 3.05) is 25.1 Å². The summed E-state index contributed by atoms with van der Waals surface area (Å²) in [5.41, 5.74) is 1.11. The Hall–Kier alpha value is -0.520. The zero-order valence-electron chi connectivity index (χ0n) is 10.9. The lowest BCUT2D eigenvalue weighted by Crippen LogP contribution is -2.27. The fourth-order valence-corrected chi connectivity index (χ4v) is 2.33. The number of rotatable bonds is 2. The number of nitrogens with zero attached hydrogens (tertiary/aromatic N) is 2. The van der Waals surface area contributed by atoms with E-state index in [2.05, 4.69) is 51.0 Å². The van der Waals surface area contributed by atoms with E-state index in [4.69, 9.17) is 4.74 Å². The average molecular weight is 337 g/mol. The molecule has 1 aromatic heterocycles. The van der Waals surface area contributed by atoms with Crippen molar-refractivity contribution in [2.24, 2.45) is 0 Å². The molecule has 2 rings (SSSR count). The molecule has 0 aromatic carbocycles. The number of fused-ring (bicyclic) bond motifs is 1. The number of nitrogens with one attached hydrogen (secondary N) is 1. The Morgan fingerprint density at radius 3 is 2.89 bits per heavy atom. The summed E-state index contributed by atoms with van der Waals surface area (Å²) in [5.74, 6) is 1.68. The molecule has 1 aliphatic heterocycles. The van der Waals surface area contributed by atoms with Gasteiger partial charge in [-0.2, -0.15) is 4.98 Å². The van der Waals surface area contributed by atoms with Gasteiger partial charge in [-0.25, -0.2) is 0 Å². The summed E-state index contributed by atoms with van der Waals surface area (Å²) in [6, 6.07) is 2.50. The highest BCUT2D eigenvalue weighted by atomic mass is 79.9. The predicted octanol–water partition coefficient (Wildman–Crippen LogP) is 2.59. The van der Waals surface area contributed by atoms with Crippen LogP contribution in [0.2, 0.25) is 0 Å². The molecule has 0 bridgehead atoms. The van der Waals surface area contributed by atoms with Crippen LogP contribution >= 0.6 is 28.3 Å². The van der Waals surface area contributed by atoms with Crippen LogP contribution in [-0.2, 0) is 6.54 Å². The fraction of sp³-hybridized carbons (Fsp3) is 0.583. The van der Waals surface area contributed by atoms with E-state index in [0.717, 1.165) is 34.8 Å². The normalized spacial score (nSPS) is 14.3. The van der Waals surface area contributed by atoms with Crippen LogP contribution in [0.3, 0.4) is 0 Å². The maximum absolute atomic E-state index is 5.65. The van der Waals surface area contributed by atoms with Crippen molar-refractivity contribution < 1.29 is 4.74 Å². The van der Waals surface area contributed by atoms with E-state index in [1.807, 2.05) is 7.05 Å². The SMILES string of the molecule is CC(C)N(C)c1nc2c(cc1Br)CNCCO2.Cl.